The van der Waals surface area contributed by atoms with Crippen LogP contribution in [-0.4, -0.2) is 25.9 Å². The third-order valence-electron chi connectivity index (χ3n) is 3.74. The minimum Gasteiger partial charge on any atom is -0.496 e. The maximum absolute atomic E-state index is 11.9. The summed E-state index contributed by atoms with van der Waals surface area (Å²) >= 11 is 0. The molecule has 0 fully saturated rings. The fraction of sp³-hybridized carbons (Fsp3) is 0.278. The Bertz CT molecular complexity index is 658. The molecule has 5 nitrogen and oxygen atoms in total. The molecular formula is C18H19NO4. The molecule has 1 N–H and O–H groups in total. The van der Waals surface area contributed by atoms with Crippen molar-refractivity contribution >= 4 is 6.09 Å². The summed E-state index contributed by atoms with van der Waals surface area (Å²) in [5, 5.41) is 2.84. The lowest BCUT2D eigenvalue weighted by molar-refractivity contribution is 0.128. The van der Waals surface area contributed by atoms with Crippen LogP contribution in [0.5, 0.6) is 11.5 Å². The van der Waals surface area contributed by atoms with Crippen molar-refractivity contribution in [1.82, 2.24) is 5.32 Å². The molecule has 0 saturated carbocycles. The van der Waals surface area contributed by atoms with E-state index < -0.39 is 6.09 Å². The Morgan fingerprint density at radius 1 is 1.22 bits per heavy atom. The molecule has 0 aliphatic carbocycles. The smallest absolute Gasteiger partial charge is 0.407 e. The Morgan fingerprint density at radius 2 is 2.04 bits per heavy atom. The molecule has 1 aliphatic heterocycles. The Balaban J connectivity index is 1.56. The summed E-state index contributed by atoms with van der Waals surface area (Å²) in [5.74, 6) is 1.58. The molecule has 0 radical (unpaired) electrons. The molecule has 1 unspecified atom stereocenters. The number of alkyl carbamates (subject to hydrolysis) is 1. The number of ether oxygens (including phenoxy) is 3. The standard InChI is InChI=1S/C18H19NO4/c1-21-16-8-5-9-17-15(16)10-14(12-22-17)19-18(20)23-11-13-6-3-2-4-7-13/h2-9,14H,10-12H2,1H3,(H,19,20). The first kappa shape index (κ1) is 15.2. The van der Waals surface area contributed by atoms with Crippen LogP contribution in [0.4, 0.5) is 4.79 Å². The van der Waals surface area contributed by atoms with E-state index in [0.29, 0.717) is 13.0 Å². The summed E-state index contributed by atoms with van der Waals surface area (Å²) in [4.78, 5) is 11.9. The Labute approximate surface area is 135 Å². The molecule has 1 amide bonds. The van der Waals surface area contributed by atoms with Crippen LogP contribution in [-0.2, 0) is 17.8 Å². The van der Waals surface area contributed by atoms with Gasteiger partial charge in [-0.1, -0.05) is 36.4 Å². The normalized spacial score (nSPS) is 16.0. The van der Waals surface area contributed by atoms with E-state index in [1.807, 2.05) is 48.5 Å². The third-order valence-corrected chi connectivity index (χ3v) is 3.74. The second-order valence-corrected chi connectivity index (χ2v) is 5.36. The molecule has 1 aliphatic rings. The number of fused-ring (bicyclic) bond motifs is 1. The van der Waals surface area contributed by atoms with Gasteiger partial charge in [0.15, 0.2) is 0 Å². The summed E-state index contributed by atoms with van der Waals surface area (Å²) in [5.41, 5.74) is 1.92. The molecule has 120 valence electrons. The summed E-state index contributed by atoms with van der Waals surface area (Å²) in [6.45, 7) is 0.667. The van der Waals surface area contributed by atoms with Crippen molar-refractivity contribution in [1.29, 1.82) is 0 Å². The number of carbonyl (C=O) groups is 1. The second-order valence-electron chi connectivity index (χ2n) is 5.36. The maximum Gasteiger partial charge on any atom is 0.407 e. The van der Waals surface area contributed by atoms with Crippen LogP contribution in [0, 0.1) is 0 Å². The Morgan fingerprint density at radius 3 is 2.83 bits per heavy atom. The van der Waals surface area contributed by atoms with E-state index in [9.17, 15) is 4.79 Å². The molecule has 2 aromatic carbocycles. The molecule has 1 heterocycles. The van der Waals surface area contributed by atoms with Gasteiger partial charge in [-0.2, -0.15) is 0 Å². The molecule has 0 bridgehead atoms. The lowest BCUT2D eigenvalue weighted by Gasteiger charge is -2.27. The van der Waals surface area contributed by atoms with Gasteiger partial charge in [0.05, 0.1) is 13.2 Å². The number of nitrogens with one attached hydrogen (secondary N) is 1. The summed E-state index contributed by atoms with van der Waals surface area (Å²) in [6.07, 6.45) is 0.209. The first-order valence-electron chi connectivity index (χ1n) is 7.52. The highest BCUT2D eigenvalue weighted by molar-refractivity contribution is 5.68. The number of hydrogen-bond donors (Lipinski definition) is 1. The van der Waals surface area contributed by atoms with Crippen molar-refractivity contribution in [3.8, 4) is 11.5 Å². The van der Waals surface area contributed by atoms with Gasteiger partial charge < -0.3 is 19.5 Å². The molecular weight excluding hydrogens is 294 g/mol. The Hall–Kier alpha value is -2.69. The number of carbonyl (C=O) groups excluding carboxylic acids is 1. The first-order chi connectivity index (χ1) is 11.3. The van der Waals surface area contributed by atoms with E-state index in [2.05, 4.69) is 5.32 Å². The molecule has 0 spiro atoms. The van der Waals surface area contributed by atoms with Crippen LogP contribution in [0.2, 0.25) is 0 Å². The predicted molar refractivity (Wildman–Crippen MR) is 85.7 cm³/mol. The molecule has 1 atom stereocenters. The van der Waals surface area contributed by atoms with Crippen molar-refractivity contribution in [2.75, 3.05) is 13.7 Å². The zero-order valence-electron chi connectivity index (χ0n) is 13.0. The number of amides is 1. The van der Waals surface area contributed by atoms with Crippen LogP contribution >= 0.6 is 0 Å². The number of hydrogen-bond acceptors (Lipinski definition) is 4. The molecule has 5 heteroatoms. The van der Waals surface area contributed by atoms with Crippen molar-refractivity contribution in [3.05, 3.63) is 59.7 Å². The zero-order chi connectivity index (χ0) is 16.1. The maximum atomic E-state index is 11.9. The van der Waals surface area contributed by atoms with Gasteiger partial charge in [-0.15, -0.1) is 0 Å². The second kappa shape index (κ2) is 7.05. The lowest BCUT2D eigenvalue weighted by atomic mass is 10.0. The molecule has 0 aromatic heterocycles. The van der Waals surface area contributed by atoms with Crippen LogP contribution in [0.3, 0.4) is 0 Å². The highest BCUT2D eigenvalue weighted by Gasteiger charge is 2.24. The van der Waals surface area contributed by atoms with Crippen molar-refractivity contribution < 1.29 is 19.0 Å². The van der Waals surface area contributed by atoms with Gasteiger partial charge in [0.2, 0.25) is 0 Å². The third kappa shape index (κ3) is 3.74. The van der Waals surface area contributed by atoms with Crippen LogP contribution in [0.25, 0.3) is 0 Å². The predicted octanol–water partition coefficient (Wildman–Crippen LogP) is 2.93. The van der Waals surface area contributed by atoms with Crippen molar-refractivity contribution in [2.45, 2.75) is 19.1 Å². The van der Waals surface area contributed by atoms with Gasteiger partial charge in [-0.25, -0.2) is 4.79 Å². The van der Waals surface area contributed by atoms with E-state index in [4.69, 9.17) is 14.2 Å². The minimum atomic E-state index is -0.444. The van der Waals surface area contributed by atoms with Crippen LogP contribution < -0.4 is 14.8 Å². The average Bonchev–Trinajstić information content (AvgIpc) is 2.60. The fourth-order valence-corrected chi connectivity index (χ4v) is 2.59. The molecule has 0 saturated heterocycles. The summed E-state index contributed by atoms with van der Waals surface area (Å²) in [6, 6.07) is 15.1. The van der Waals surface area contributed by atoms with Crippen LogP contribution in [0.1, 0.15) is 11.1 Å². The molecule has 3 rings (SSSR count). The average molecular weight is 313 g/mol. The summed E-state index contributed by atoms with van der Waals surface area (Å²) in [7, 11) is 1.63. The van der Waals surface area contributed by atoms with Crippen molar-refractivity contribution in [3.63, 3.8) is 0 Å². The van der Waals surface area contributed by atoms with Gasteiger partial charge in [0.25, 0.3) is 0 Å². The monoisotopic (exact) mass is 313 g/mol. The highest BCUT2D eigenvalue weighted by atomic mass is 16.5. The Kier molecular flexibility index (Phi) is 4.66. The van der Waals surface area contributed by atoms with E-state index in [1.165, 1.54) is 0 Å². The van der Waals surface area contributed by atoms with Crippen molar-refractivity contribution in [2.24, 2.45) is 0 Å². The van der Waals surface area contributed by atoms with Crippen LogP contribution in [0.15, 0.2) is 48.5 Å². The minimum absolute atomic E-state index is 0.137. The zero-order valence-corrected chi connectivity index (χ0v) is 13.0. The van der Waals surface area contributed by atoms with Gasteiger partial charge >= 0.3 is 6.09 Å². The first-order valence-corrected chi connectivity index (χ1v) is 7.52. The SMILES string of the molecule is COc1cccc2c1CC(NC(=O)OCc1ccccc1)CO2. The van der Waals surface area contributed by atoms with Gasteiger partial charge in [0.1, 0.15) is 24.7 Å². The number of benzene rings is 2. The lowest BCUT2D eigenvalue weighted by Crippen LogP contribution is -2.43. The van der Waals surface area contributed by atoms with E-state index in [-0.39, 0.29) is 12.6 Å². The number of rotatable bonds is 4. The largest absolute Gasteiger partial charge is 0.496 e. The van der Waals surface area contributed by atoms with Gasteiger partial charge in [-0.05, 0) is 17.7 Å². The quantitative estimate of drug-likeness (QED) is 0.943. The van der Waals surface area contributed by atoms with E-state index >= 15 is 0 Å². The summed E-state index contributed by atoms with van der Waals surface area (Å²) < 4.78 is 16.3. The van der Waals surface area contributed by atoms with E-state index in [1.54, 1.807) is 7.11 Å². The topological polar surface area (TPSA) is 56.8 Å². The van der Waals surface area contributed by atoms with Gasteiger partial charge in [0, 0.05) is 12.0 Å². The number of methoxy groups -OCH3 is 1. The molecule has 2 aromatic rings. The van der Waals surface area contributed by atoms with Gasteiger partial charge in [-0.3, -0.25) is 0 Å². The molecule has 23 heavy (non-hydrogen) atoms. The fourth-order valence-electron chi connectivity index (χ4n) is 2.59. The highest BCUT2D eigenvalue weighted by Crippen LogP contribution is 2.32. The van der Waals surface area contributed by atoms with E-state index in [0.717, 1.165) is 22.6 Å².